The van der Waals surface area contributed by atoms with Gasteiger partial charge in [-0.2, -0.15) is 8.42 Å². The molecule has 0 unspecified atom stereocenters. The summed E-state index contributed by atoms with van der Waals surface area (Å²) in [6.45, 7) is 0.426. The first-order chi connectivity index (χ1) is 11.4. The summed E-state index contributed by atoms with van der Waals surface area (Å²) >= 11 is 0. The second-order valence-corrected chi connectivity index (χ2v) is 6.63. The number of carbonyl (C=O) groups is 1. The average Bonchev–Trinajstić information content (AvgIpc) is 2.55. The van der Waals surface area contributed by atoms with Crippen LogP contribution in [0.1, 0.15) is 15.9 Å². The van der Waals surface area contributed by atoms with Gasteiger partial charge in [-0.05, 0) is 42.0 Å². The lowest BCUT2D eigenvalue weighted by Gasteiger charge is -2.11. The van der Waals surface area contributed by atoms with Crippen molar-refractivity contribution in [1.82, 2.24) is 0 Å². The van der Waals surface area contributed by atoms with Gasteiger partial charge in [0.1, 0.15) is 12.0 Å². The third kappa shape index (κ3) is 5.27. The van der Waals surface area contributed by atoms with Crippen LogP contribution >= 0.6 is 0 Å². The lowest BCUT2D eigenvalue weighted by Crippen LogP contribution is -2.07. The molecule has 6 nitrogen and oxygen atoms in total. The number of hydrogen-bond donors (Lipinski definition) is 0. The van der Waals surface area contributed by atoms with Crippen LogP contribution in [0, 0.1) is 0 Å². The summed E-state index contributed by atoms with van der Waals surface area (Å²) < 4.78 is 38.0. The van der Waals surface area contributed by atoms with Gasteiger partial charge in [0, 0.05) is 12.0 Å². The lowest BCUT2D eigenvalue weighted by molar-refractivity contribution is 0.112. The van der Waals surface area contributed by atoms with Crippen LogP contribution < -0.4 is 13.7 Å². The summed E-state index contributed by atoms with van der Waals surface area (Å²) in [7, 11) is -2.17. The number of carbonyl (C=O) groups excluding carboxylic acids is 1. The van der Waals surface area contributed by atoms with Crippen LogP contribution in [0.4, 0.5) is 0 Å². The topological polar surface area (TPSA) is 78.9 Å². The van der Waals surface area contributed by atoms with Crippen LogP contribution in [0.15, 0.2) is 42.5 Å². The zero-order chi connectivity index (χ0) is 17.6. The van der Waals surface area contributed by atoms with Gasteiger partial charge in [0.25, 0.3) is 0 Å². The van der Waals surface area contributed by atoms with Crippen molar-refractivity contribution < 1.29 is 26.9 Å². The maximum Gasteiger partial charge on any atom is 0.306 e. The molecule has 24 heavy (non-hydrogen) atoms. The number of methoxy groups -OCH3 is 1. The van der Waals surface area contributed by atoms with Gasteiger partial charge in [-0.3, -0.25) is 4.79 Å². The minimum Gasteiger partial charge on any atom is -0.493 e. The van der Waals surface area contributed by atoms with E-state index in [2.05, 4.69) is 0 Å². The molecule has 0 saturated carbocycles. The summed E-state index contributed by atoms with van der Waals surface area (Å²) in [4.78, 5) is 10.6. The van der Waals surface area contributed by atoms with Gasteiger partial charge in [-0.25, -0.2) is 0 Å². The van der Waals surface area contributed by atoms with Crippen LogP contribution in [-0.2, 0) is 16.5 Å². The standard InChI is InChI=1S/C17H18O6S/c1-21-17-11-13(5-8-16(17)23-24(2,19)20)9-10-22-15-6-3-14(12-18)4-7-15/h3-8,11-12H,9-10H2,1-2H3. The molecule has 0 N–H and O–H groups in total. The Hall–Kier alpha value is -2.54. The molecule has 0 amide bonds. The quantitative estimate of drug-likeness (QED) is 0.537. The molecule has 0 aliphatic carbocycles. The second-order valence-electron chi connectivity index (χ2n) is 5.06. The Kier molecular flexibility index (Phi) is 5.81. The molecular formula is C17H18O6S. The second kappa shape index (κ2) is 7.83. The smallest absolute Gasteiger partial charge is 0.306 e. The fraction of sp³-hybridized carbons (Fsp3) is 0.235. The van der Waals surface area contributed by atoms with Crippen molar-refractivity contribution in [2.75, 3.05) is 20.0 Å². The third-order valence-corrected chi connectivity index (χ3v) is 3.63. The lowest BCUT2D eigenvalue weighted by atomic mass is 10.1. The highest BCUT2D eigenvalue weighted by molar-refractivity contribution is 7.86. The van der Waals surface area contributed by atoms with Gasteiger partial charge < -0.3 is 13.7 Å². The molecule has 2 aromatic rings. The molecule has 0 atom stereocenters. The van der Waals surface area contributed by atoms with E-state index in [0.29, 0.717) is 30.1 Å². The van der Waals surface area contributed by atoms with Gasteiger partial charge in [-0.15, -0.1) is 0 Å². The van der Waals surface area contributed by atoms with E-state index in [9.17, 15) is 13.2 Å². The summed E-state index contributed by atoms with van der Waals surface area (Å²) in [5, 5.41) is 0. The highest BCUT2D eigenvalue weighted by Crippen LogP contribution is 2.29. The Labute approximate surface area is 141 Å². The fourth-order valence-corrected chi connectivity index (χ4v) is 2.49. The van der Waals surface area contributed by atoms with Crippen molar-refractivity contribution in [3.05, 3.63) is 53.6 Å². The van der Waals surface area contributed by atoms with E-state index in [1.165, 1.54) is 7.11 Å². The van der Waals surface area contributed by atoms with E-state index in [4.69, 9.17) is 13.7 Å². The predicted octanol–water partition coefficient (Wildman–Crippen LogP) is 2.47. The van der Waals surface area contributed by atoms with Gasteiger partial charge in [0.05, 0.1) is 20.0 Å². The average molecular weight is 350 g/mol. The van der Waals surface area contributed by atoms with E-state index in [1.807, 2.05) is 0 Å². The predicted molar refractivity (Wildman–Crippen MR) is 89.5 cm³/mol. The molecule has 2 rings (SSSR count). The Morgan fingerprint density at radius 3 is 2.33 bits per heavy atom. The molecule has 7 heteroatoms. The van der Waals surface area contributed by atoms with E-state index >= 15 is 0 Å². The van der Waals surface area contributed by atoms with E-state index in [1.54, 1.807) is 42.5 Å². The Balaban J connectivity index is 1.98. The van der Waals surface area contributed by atoms with Crippen molar-refractivity contribution >= 4 is 16.4 Å². The van der Waals surface area contributed by atoms with Crippen LogP contribution in [0.3, 0.4) is 0 Å². The molecule has 0 aliphatic rings. The highest BCUT2D eigenvalue weighted by atomic mass is 32.2. The van der Waals surface area contributed by atoms with E-state index < -0.39 is 10.1 Å². The minimum absolute atomic E-state index is 0.147. The Morgan fingerprint density at radius 2 is 1.75 bits per heavy atom. The molecule has 0 spiro atoms. The molecular weight excluding hydrogens is 332 g/mol. The molecule has 0 saturated heterocycles. The summed E-state index contributed by atoms with van der Waals surface area (Å²) in [6, 6.07) is 11.8. The normalized spacial score (nSPS) is 10.9. The molecule has 0 bridgehead atoms. The first-order valence-corrected chi connectivity index (χ1v) is 8.97. The zero-order valence-electron chi connectivity index (χ0n) is 13.4. The molecule has 0 aliphatic heterocycles. The number of ether oxygens (including phenoxy) is 2. The van der Waals surface area contributed by atoms with Gasteiger partial charge >= 0.3 is 10.1 Å². The van der Waals surface area contributed by atoms with Gasteiger partial charge in [0.2, 0.25) is 0 Å². The first-order valence-electron chi connectivity index (χ1n) is 7.15. The van der Waals surface area contributed by atoms with Crippen molar-refractivity contribution in [1.29, 1.82) is 0 Å². The van der Waals surface area contributed by atoms with Crippen molar-refractivity contribution in [2.45, 2.75) is 6.42 Å². The maximum atomic E-state index is 11.2. The molecule has 0 radical (unpaired) electrons. The highest BCUT2D eigenvalue weighted by Gasteiger charge is 2.11. The SMILES string of the molecule is COc1cc(CCOc2ccc(C=O)cc2)ccc1OS(C)(=O)=O. The number of rotatable bonds is 8. The number of aldehydes is 1. The summed E-state index contributed by atoms with van der Waals surface area (Å²) in [5.74, 6) is 1.16. The van der Waals surface area contributed by atoms with Crippen molar-refractivity contribution in [2.24, 2.45) is 0 Å². The largest absolute Gasteiger partial charge is 0.493 e. The Bertz CT molecular complexity index is 796. The van der Waals surface area contributed by atoms with E-state index in [0.717, 1.165) is 18.1 Å². The zero-order valence-corrected chi connectivity index (χ0v) is 14.2. The monoisotopic (exact) mass is 350 g/mol. The number of hydrogen-bond acceptors (Lipinski definition) is 6. The molecule has 2 aromatic carbocycles. The minimum atomic E-state index is -3.61. The van der Waals surface area contributed by atoms with Crippen LogP contribution in [-0.4, -0.2) is 34.7 Å². The first kappa shape index (κ1) is 17.8. The number of benzene rings is 2. The Morgan fingerprint density at radius 1 is 1.04 bits per heavy atom. The van der Waals surface area contributed by atoms with Gasteiger partial charge in [-0.1, -0.05) is 6.07 Å². The summed E-state index contributed by atoms with van der Waals surface area (Å²) in [6.07, 6.45) is 2.35. The molecule has 0 aromatic heterocycles. The summed E-state index contributed by atoms with van der Waals surface area (Å²) in [5.41, 5.74) is 1.51. The molecule has 128 valence electrons. The van der Waals surface area contributed by atoms with Gasteiger partial charge in [0.15, 0.2) is 11.5 Å². The van der Waals surface area contributed by atoms with Crippen LogP contribution in [0.5, 0.6) is 17.2 Å². The van der Waals surface area contributed by atoms with Crippen LogP contribution in [0.2, 0.25) is 0 Å². The third-order valence-electron chi connectivity index (χ3n) is 3.14. The van der Waals surface area contributed by atoms with Crippen molar-refractivity contribution in [3.63, 3.8) is 0 Å². The van der Waals surface area contributed by atoms with E-state index in [-0.39, 0.29) is 5.75 Å². The fourth-order valence-electron chi connectivity index (χ4n) is 2.03. The molecule has 0 fully saturated rings. The maximum absolute atomic E-state index is 11.2. The van der Waals surface area contributed by atoms with Crippen molar-refractivity contribution in [3.8, 4) is 17.2 Å². The molecule has 0 heterocycles. The van der Waals surface area contributed by atoms with Crippen LogP contribution in [0.25, 0.3) is 0 Å².